The van der Waals surface area contributed by atoms with Crippen molar-refractivity contribution in [1.29, 1.82) is 0 Å². The molecule has 0 bridgehead atoms. The summed E-state index contributed by atoms with van der Waals surface area (Å²) in [6.45, 7) is 21.1. The first-order chi connectivity index (χ1) is 16.8. The van der Waals surface area contributed by atoms with Crippen LogP contribution in [0.25, 0.3) is 32.3 Å². The van der Waals surface area contributed by atoms with E-state index in [4.69, 9.17) is 0 Å². The molecule has 0 spiro atoms. The van der Waals surface area contributed by atoms with Gasteiger partial charge in [0.15, 0.2) is 0 Å². The highest BCUT2D eigenvalue weighted by Gasteiger charge is 2.35. The highest BCUT2D eigenvalue weighted by Crippen LogP contribution is 2.37. The first-order valence-electron chi connectivity index (χ1n) is 13.4. The second-order valence-electron chi connectivity index (χ2n) is 13.3. The third-order valence-electron chi connectivity index (χ3n) is 8.45. The third-order valence-corrected chi connectivity index (χ3v) is 8.45. The summed E-state index contributed by atoms with van der Waals surface area (Å²) in [5.41, 5.74) is 11.6. The molecule has 0 N–H and O–H groups in total. The van der Waals surface area contributed by atoms with Gasteiger partial charge in [-0.05, 0) is 75.0 Å². The minimum Gasteiger partial charge on any atom is -0.0629 e. The minimum atomic E-state index is 0.0844. The van der Waals surface area contributed by atoms with Crippen molar-refractivity contribution < 1.29 is 0 Å². The van der Waals surface area contributed by atoms with Crippen LogP contribution < -0.4 is 16.4 Å². The van der Waals surface area contributed by atoms with E-state index in [1.807, 2.05) is 0 Å². The van der Waals surface area contributed by atoms with Crippen LogP contribution in [-0.2, 0) is 10.8 Å². The molecule has 5 aromatic rings. The highest BCUT2D eigenvalue weighted by molar-refractivity contribution is 7.00. The fourth-order valence-corrected chi connectivity index (χ4v) is 6.66. The van der Waals surface area contributed by atoms with Crippen molar-refractivity contribution in [3.05, 3.63) is 88.5 Å². The van der Waals surface area contributed by atoms with E-state index in [-0.39, 0.29) is 17.5 Å². The van der Waals surface area contributed by atoms with E-state index in [9.17, 15) is 0 Å². The maximum Gasteiger partial charge on any atom is 0.243 e. The first-order valence-corrected chi connectivity index (χ1v) is 13.4. The van der Waals surface area contributed by atoms with Gasteiger partial charge in [-0.25, -0.2) is 0 Å². The van der Waals surface area contributed by atoms with Crippen molar-refractivity contribution >= 4 is 55.4 Å². The predicted molar refractivity (Wildman–Crippen MR) is 162 cm³/mol. The number of hydrogen-bond acceptors (Lipinski definition) is 0. The summed E-state index contributed by atoms with van der Waals surface area (Å²) < 4.78 is 0. The summed E-state index contributed by atoms with van der Waals surface area (Å²) in [6.07, 6.45) is 0. The molecule has 6 rings (SSSR count). The predicted octanol–water partition coefficient (Wildman–Crippen LogP) is 7.50. The fourth-order valence-electron chi connectivity index (χ4n) is 6.66. The van der Waals surface area contributed by atoms with Crippen molar-refractivity contribution in [3.8, 4) is 0 Å². The Morgan fingerprint density at radius 1 is 0.500 bits per heavy atom. The Kier molecular flexibility index (Phi) is 4.85. The van der Waals surface area contributed by atoms with Gasteiger partial charge in [-0.2, -0.15) is 0 Å². The van der Waals surface area contributed by atoms with Crippen molar-refractivity contribution in [3.63, 3.8) is 0 Å². The van der Waals surface area contributed by atoms with Gasteiger partial charge >= 0.3 is 0 Å². The zero-order chi connectivity index (χ0) is 25.7. The first kappa shape index (κ1) is 23.3. The smallest absolute Gasteiger partial charge is 0.0629 e. The van der Waals surface area contributed by atoms with Crippen LogP contribution in [-0.4, -0.2) is 6.71 Å². The lowest BCUT2D eigenvalue weighted by Gasteiger charge is -2.32. The Hall–Kier alpha value is -3.06. The van der Waals surface area contributed by atoms with E-state index in [1.54, 1.807) is 0 Å². The summed E-state index contributed by atoms with van der Waals surface area (Å²) in [6, 6.07) is 24.1. The molecular formula is C35H37B. The molecule has 0 fully saturated rings. The maximum absolute atomic E-state index is 2.54. The summed E-state index contributed by atoms with van der Waals surface area (Å²) in [4.78, 5) is 0. The molecule has 0 atom stereocenters. The van der Waals surface area contributed by atoms with E-state index in [1.165, 1.54) is 76.5 Å². The molecule has 36 heavy (non-hydrogen) atoms. The van der Waals surface area contributed by atoms with Crippen molar-refractivity contribution in [2.45, 2.75) is 73.1 Å². The molecule has 1 heteroatoms. The van der Waals surface area contributed by atoms with Crippen molar-refractivity contribution in [2.75, 3.05) is 0 Å². The van der Waals surface area contributed by atoms with Gasteiger partial charge in [0, 0.05) is 0 Å². The minimum absolute atomic E-state index is 0.0844. The summed E-state index contributed by atoms with van der Waals surface area (Å²) in [7, 11) is 0. The van der Waals surface area contributed by atoms with E-state index in [2.05, 4.69) is 123 Å². The lowest BCUT2D eigenvalue weighted by Crippen LogP contribution is -2.56. The Morgan fingerprint density at radius 3 is 1.33 bits per heavy atom. The molecule has 0 radical (unpaired) electrons. The summed E-state index contributed by atoms with van der Waals surface area (Å²) in [5, 5.41) is 8.43. The van der Waals surface area contributed by atoms with Crippen LogP contribution in [0.2, 0.25) is 0 Å². The number of rotatable bonds is 1. The Balaban J connectivity index is 1.88. The van der Waals surface area contributed by atoms with Gasteiger partial charge in [-0.1, -0.05) is 135 Å². The van der Waals surface area contributed by atoms with Gasteiger partial charge < -0.3 is 0 Å². The zero-order valence-corrected chi connectivity index (χ0v) is 23.4. The lowest BCUT2D eigenvalue weighted by atomic mass is 9.32. The Labute approximate surface area is 216 Å². The maximum atomic E-state index is 2.54. The highest BCUT2D eigenvalue weighted by atomic mass is 14.3. The molecule has 0 amide bonds. The number of hydrogen-bond donors (Lipinski definition) is 0. The van der Waals surface area contributed by atoms with Gasteiger partial charge in [0.1, 0.15) is 0 Å². The third kappa shape index (κ3) is 3.35. The molecule has 1 heterocycles. The van der Waals surface area contributed by atoms with Crippen LogP contribution in [0.1, 0.15) is 69.4 Å². The fraction of sp³-hybridized carbons (Fsp3) is 0.314. The average Bonchev–Trinajstić information content (AvgIpc) is 2.78. The Bertz CT molecular complexity index is 1600. The molecule has 0 aliphatic carbocycles. The van der Waals surface area contributed by atoms with E-state index in [0.29, 0.717) is 0 Å². The molecule has 0 saturated carbocycles. The molecule has 5 aromatic carbocycles. The monoisotopic (exact) mass is 468 g/mol. The molecule has 1 aliphatic heterocycles. The van der Waals surface area contributed by atoms with Crippen LogP contribution in [0.3, 0.4) is 0 Å². The Morgan fingerprint density at radius 2 is 0.917 bits per heavy atom. The molecule has 0 nitrogen and oxygen atoms in total. The van der Waals surface area contributed by atoms with E-state index in [0.717, 1.165) is 0 Å². The van der Waals surface area contributed by atoms with Crippen LogP contribution in [0.15, 0.2) is 60.7 Å². The van der Waals surface area contributed by atoms with Crippen LogP contribution in [0.4, 0.5) is 0 Å². The molecular weight excluding hydrogens is 431 g/mol. The normalized spacial score (nSPS) is 13.6. The molecule has 180 valence electrons. The van der Waals surface area contributed by atoms with Crippen molar-refractivity contribution in [1.82, 2.24) is 0 Å². The lowest BCUT2D eigenvalue weighted by molar-refractivity contribution is 0.591. The van der Waals surface area contributed by atoms with Gasteiger partial charge in [0.05, 0.1) is 0 Å². The van der Waals surface area contributed by atoms with Gasteiger partial charge in [0.25, 0.3) is 0 Å². The molecule has 0 saturated heterocycles. The number of benzene rings is 5. The second-order valence-corrected chi connectivity index (χ2v) is 13.3. The van der Waals surface area contributed by atoms with Gasteiger partial charge in [-0.3, -0.25) is 0 Å². The summed E-state index contributed by atoms with van der Waals surface area (Å²) >= 11 is 0. The quantitative estimate of drug-likeness (QED) is 0.173. The standard InChI is InChI=1S/C35H37B/c1-20-14-21(2)33(22(3)15-20)36-28-18-26(34(4,5)6)16-24-12-10-23-11-13-25-17-27(35(7,8)9)19-29(36)31(25)32(23)30(24)28/h10-19H,1-9H3. The topological polar surface area (TPSA) is 0 Å². The van der Waals surface area contributed by atoms with Gasteiger partial charge in [0.2, 0.25) is 6.71 Å². The largest absolute Gasteiger partial charge is 0.243 e. The second kappa shape index (κ2) is 7.48. The van der Waals surface area contributed by atoms with Crippen LogP contribution in [0, 0.1) is 20.8 Å². The zero-order valence-electron chi connectivity index (χ0n) is 23.4. The molecule has 0 aromatic heterocycles. The van der Waals surface area contributed by atoms with E-state index < -0.39 is 0 Å². The average molecular weight is 468 g/mol. The van der Waals surface area contributed by atoms with E-state index >= 15 is 0 Å². The molecule has 0 unspecified atom stereocenters. The van der Waals surface area contributed by atoms with Crippen LogP contribution >= 0.6 is 0 Å². The van der Waals surface area contributed by atoms with Crippen LogP contribution in [0.5, 0.6) is 0 Å². The molecule has 1 aliphatic rings. The van der Waals surface area contributed by atoms with Gasteiger partial charge in [-0.15, -0.1) is 0 Å². The van der Waals surface area contributed by atoms with Crippen molar-refractivity contribution in [2.24, 2.45) is 0 Å². The summed E-state index contributed by atoms with van der Waals surface area (Å²) in [5.74, 6) is 0. The number of aryl methyl sites for hydroxylation is 3. The SMILES string of the molecule is Cc1cc(C)c(B2c3cc(C(C)(C)C)cc4ccc5ccc6cc(C(C)(C)C)cc2c6c5c34)c(C)c1.